The average Bonchev–Trinajstić information content (AvgIpc) is 2.95. The first-order valence-electron chi connectivity index (χ1n) is 13.3. The summed E-state index contributed by atoms with van der Waals surface area (Å²) in [7, 11) is 0. The first-order chi connectivity index (χ1) is 19.3. The van der Waals surface area contributed by atoms with E-state index in [0.29, 0.717) is 30.3 Å². The number of carboxylic acids is 1. The lowest BCUT2D eigenvalue weighted by atomic mass is 9.79. The molecule has 0 bridgehead atoms. The molecule has 1 saturated carbocycles. The molecule has 2 aliphatic rings. The van der Waals surface area contributed by atoms with E-state index >= 15 is 0 Å². The van der Waals surface area contributed by atoms with Crippen molar-refractivity contribution in [2.45, 2.75) is 37.2 Å². The lowest BCUT2D eigenvalue weighted by molar-refractivity contribution is -0.186. The first kappa shape index (κ1) is 27.2. The van der Waals surface area contributed by atoms with E-state index in [9.17, 15) is 19.8 Å². The zero-order valence-corrected chi connectivity index (χ0v) is 22.0. The second-order valence-electron chi connectivity index (χ2n) is 10.1. The summed E-state index contributed by atoms with van der Waals surface area (Å²) in [6.45, 7) is 4.25. The maximum absolute atomic E-state index is 12.8. The van der Waals surface area contributed by atoms with Crippen LogP contribution in [0.5, 0.6) is 0 Å². The van der Waals surface area contributed by atoms with Gasteiger partial charge in [-0.15, -0.1) is 6.58 Å². The van der Waals surface area contributed by atoms with E-state index in [-0.39, 0.29) is 48.9 Å². The van der Waals surface area contributed by atoms with E-state index in [2.05, 4.69) is 37.5 Å². The van der Waals surface area contributed by atoms with Crippen LogP contribution in [0.2, 0.25) is 0 Å². The van der Waals surface area contributed by atoms with Crippen LogP contribution in [0.4, 0.5) is 23.3 Å². The van der Waals surface area contributed by atoms with Gasteiger partial charge in [0, 0.05) is 18.4 Å². The molecule has 1 aliphatic heterocycles. The predicted octanol–water partition coefficient (Wildman–Crippen LogP) is 3.85. The van der Waals surface area contributed by atoms with Crippen molar-refractivity contribution in [2.24, 2.45) is 5.92 Å². The number of pyridine rings is 1. The smallest absolute Gasteiger partial charge is 0.306 e. The van der Waals surface area contributed by atoms with Crippen LogP contribution in [0.3, 0.4) is 0 Å². The number of hydrogen-bond donors (Lipinski definition) is 5. The highest BCUT2D eigenvalue weighted by molar-refractivity contribution is 5.99. The molecule has 11 heteroatoms. The molecular formula is C29H32N6O5. The number of hydrogen-bond acceptors (Lipinski definition) is 9. The van der Waals surface area contributed by atoms with Crippen molar-refractivity contribution in [1.82, 2.24) is 20.3 Å². The van der Waals surface area contributed by atoms with Gasteiger partial charge in [0.05, 0.1) is 24.8 Å². The molecule has 0 spiro atoms. The van der Waals surface area contributed by atoms with Crippen molar-refractivity contribution >= 4 is 35.1 Å². The summed E-state index contributed by atoms with van der Waals surface area (Å²) in [6.07, 6.45) is 6.12. The van der Waals surface area contributed by atoms with Crippen LogP contribution in [0.1, 0.15) is 53.2 Å². The molecule has 2 fully saturated rings. The van der Waals surface area contributed by atoms with Gasteiger partial charge in [0.25, 0.3) is 5.91 Å². The van der Waals surface area contributed by atoms with Crippen LogP contribution in [-0.2, 0) is 15.1 Å². The molecule has 0 unspecified atom stereocenters. The van der Waals surface area contributed by atoms with E-state index in [1.807, 2.05) is 24.3 Å². The van der Waals surface area contributed by atoms with Crippen molar-refractivity contribution in [3.05, 3.63) is 78.1 Å². The second-order valence-corrected chi connectivity index (χ2v) is 10.1. The molecule has 1 aliphatic carbocycles. The Morgan fingerprint density at radius 3 is 2.45 bits per heavy atom. The van der Waals surface area contributed by atoms with E-state index in [0.717, 1.165) is 18.5 Å². The molecule has 208 valence electrons. The van der Waals surface area contributed by atoms with Crippen molar-refractivity contribution in [3.63, 3.8) is 0 Å². The third kappa shape index (κ3) is 6.11. The average molecular weight is 545 g/mol. The Kier molecular flexibility index (Phi) is 8.04. The van der Waals surface area contributed by atoms with Gasteiger partial charge in [0.1, 0.15) is 17.2 Å². The van der Waals surface area contributed by atoms with Crippen LogP contribution in [0, 0.1) is 5.92 Å². The standard InChI is InChI=1S/C29H32N6O5/c1-2-14-30-26(36)22-15-31-28(35-25(22)34-24-5-3-4-23(33-24)29(39)16-40-17-29)32-21-12-10-19(11-13-21)18-6-8-20(9-7-18)27(37)38/h2-5,10-13,15,18,20,39H,1,6-9,14,16-17H2,(H,30,36)(H,37,38)(H2,31,32,33,34,35). The predicted molar refractivity (Wildman–Crippen MR) is 149 cm³/mol. The van der Waals surface area contributed by atoms with Gasteiger partial charge >= 0.3 is 5.97 Å². The molecule has 2 aromatic heterocycles. The van der Waals surface area contributed by atoms with Gasteiger partial charge in [-0.3, -0.25) is 9.59 Å². The van der Waals surface area contributed by atoms with E-state index in [4.69, 9.17) is 4.74 Å². The van der Waals surface area contributed by atoms with Gasteiger partial charge in [-0.25, -0.2) is 9.97 Å². The Bertz CT molecular complexity index is 1380. The third-order valence-electron chi connectivity index (χ3n) is 7.31. The Balaban J connectivity index is 1.33. The molecule has 0 atom stereocenters. The Hall–Kier alpha value is -4.35. The number of carboxylic acid groups (broad SMARTS) is 1. The second kappa shape index (κ2) is 11.8. The number of ether oxygens (including phenoxy) is 1. The molecule has 5 rings (SSSR count). The SMILES string of the molecule is C=CCNC(=O)c1cnc(Nc2ccc(C3CCC(C(=O)O)CC3)cc2)nc1Nc1cccc(C2(O)COC2)n1. The number of carbonyl (C=O) groups is 2. The lowest BCUT2D eigenvalue weighted by Crippen LogP contribution is -2.47. The van der Waals surface area contributed by atoms with Crippen molar-refractivity contribution < 1.29 is 24.5 Å². The molecule has 5 N–H and O–H groups in total. The molecule has 1 aromatic carbocycles. The fraction of sp³-hybridized carbons (Fsp3) is 0.345. The molecule has 40 heavy (non-hydrogen) atoms. The number of nitrogens with one attached hydrogen (secondary N) is 3. The number of aliphatic hydroxyl groups is 1. The van der Waals surface area contributed by atoms with Gasteiger partial charge in [-0.05, 0) is 61.4 Å². The topological polar surface area (TPSA) is 159 Å². The number of anilines is 4. The maximum atomic E-state index is 12.8. The number of aromatic nitrogens is 3. The van der Waals surface area contributed by atoms with Gasteiger partial charge in [0.15, 0.2) is 5.60 Å². The number of carbonyl (C=O) groups excluding carboxylic acids is 1. The highest BCUT2D eigenvalue weighted by Gasteiger charge is 2.39. The van der Waals surface area contributed by atoms with E-state index in [1.165, 1.54) is 11.8 Å². The normalized spacial score (nSPS) is 19.6. The highest BCUT2D eigenvalue weighted by atomic mass is 16.5. The summed E-state index contributed by atoms with van der Waals surface area (Å²) in [5, 5.41) is 28.9. The quantitative estimate of drug-likeness (QED) is 0.237. The Morgan fingerprint density at radius 2 is 1.80 bits per heavy atom. The molecule has 1 saturated heterocycles. The zero-order valence-electron chi connectivity index (χ0n) is 22.0. The summed E-state index contributed by atoms with van der Waals surface area (Å²) in [5.41, 5.74) is 1.49. The minimum absolute atomic E-state index is 0.169. The van der Waals surface area contributed by atoms with Crippen LogP contribution in [-0.4, -0.2) is 56.8 Å². The Labute approximate surface area is 231 Å². The fourth-order valence-corrected chi connectivity index (χ4v) is 4.93. The summed E-state index contributed by atoms with van der Waals surface area (Å²) in [6, 6.07) is 13.1. The van der Waals surface area contributed by atoms with Gasteiger partial charge in [-0.1, -0.05) is 24.3 Å². The number of nitrogens with zero attached hydrogens (tertiary/aromatic N) is 3. The van der Waals surface area contributed by atoms with Gasteiger partial charge < -0.3 is 30.9 Å². The molecule has 0 radical (unpaired) electrons. The molecule has 3 aromatic rings. The molecular weight excluding hydrogens is 512 g/mol. The summed E-state index contributed by atoms with van der Waals surface area (Å²) < 4.78 is 5.14. The monoisotopic (exact) mass is 544 g/mol. The van der Waals surface area contributed by atoms with Crippen LogP contribution >= 0.6 is 0 Å². The molecule has 11 nitrogen and oxygen atoms in total. The van der Waals surface area contributed by atoms with Crippen molar-refractivity contribution in [2.75, 3.05) is 30.4 Å². The number of amides is 1. The lowest BCUT2D eigenvalue weighted by Gasteiger charge is -2.35. The zero-order chi connectivity index (χ0) is 28.1. The molecule has 3 heterocycles. The number of aliphatic carboxylic acids is 1. The van der Waals surface area contributed by atoms with Gasteiger partial charge in [0.2, 0.25) is 5.95 Å². The maximum Gasteiger partial charge on any atom is 0.306 e. The van der Waals surface area contributed by atoms with E-state index < -0.39 is 11.6 Å². The van der Waals surface area contributed by atoms with Crippen molar-refractivity contribution in [3.8, 4) is 0 Å². The number of benzene rings is 1. The van der Waals surface area contributed by atoms with Crippen LogP contribution in [0.15, 0.2) is 61.3 Å². The first-order valence-corrected chi connectivity index (χ1v) is 13.3. The largest absolute Gasteiger partial charge is 0.481 e. The molecule has 1 amide bonds. The third-order valence-corrected chi connectivity index (χ3v) is 7.31. The van der Waals surface area contributed by atoms with Crippen LogP contribution < -0.4 is 16.0 Å². The minimum atomic E-state index is -1.14. The highest BCUT2D eigenvalue weighted by Crippen LogP contribution is 2.36. The summed E-state index contributed by atoms with van der Waals surface area (Å²) in [5.74, 6) is -0.0521. The summed E-state index contributed by atoms with van der Waals surface area (Å²) in [4.78, 5) is 37.4. The Morgan fingerprint density at radius 1 is 1.05 bits per heavy atom. The van der Waals surface area contributed by atoms with Gasteiger partial charge in [-0.2, -0.15) is 4.98 Å². The minimum Gasteiger partial charge on any atom is -0.481 e. The summed E-state index contributed by atoms with van der Waals surface area (Å²) >= 11 is 0. The number of rotatable bonds is 10. The van der Waals surface area contributed by atoms with Crippen molar-refractivity contribution in [1.29, 1.82) is 0 Å². The fourth-order valence-electron chi connectivity index (χ4n) is 4.93. The van der Waals surface area contributed by atoms with Crippen LogP contribution in [0.25, 0.3) is 0 Å². The van der Waals surface area contributed by atoms with E-state index in [1.54, 1.807) is 24.3 Å².